The third-order valence-corrected chi connectivity index (χ3v) is 1.25. The van der Waals surface area contributed by atoms with Gasteiger partial charge < -0.3 is 32.4 Å². The first-order valence-electron chi connectivity index (χ1n) is 3.40. The van der Waals surface area contributed by atoms with E-state index in [1.54, 1.807) is 0 Å². The smallest absolute Gasteiger partial charge is 0.665 e. The van der Waals surface area contributed by atoms with Gasteiger partial charge in [-0.1, -0.05) is 0 Å². The van der Waals surface area contributed by atoms with E-state index in [1.165, 1.54) is 0 Å². The number of hydrogen-bond acceptors (Lipinski definition) is 0. The average molecular weight is 239 g/mol. The molecule has 13 heavy (non-hydrogen) atoms. The monoisotopic (exact) mass is 239 g/mol. The summed E-state index contributed by atoms with van der Waals surface area (Å²) in [7, 11) is 0. The molecule has 0 atom stereocenters. The molecule has 1 rings (SSSR count). The first-order valence-corrected chi connectivity index (χ1v) is 3.40. The molecule has 0 aromatic rings. The maximum absolute atomic E-state index is 4.20. The fourth-order valence-electron chi connectivity index (χ4n) is 0.760. The molecule has 6 N–H and O–H groups in total. The van der Waals surface area contributed by atoms with Gasteiger partial charge >= 0.3 is 16.8 Å². The summed E-state index contributed by atoms with van der Waals surface area (Å²) in [6.45, 7) is 5.39. The third-order valence-electron chi connectivity index (χ3n) is 1.25. The molecule has 0 spiro atoms. The van der Waals surface area contributed by atoms with Crippen LogP contribution in [0.3, 0.4) is 0 Å². The molecule has 1 aliphatic rings. The van der Waals surface area contributed by atoms with Crippen LogP contribution >= 0.6 is 0 Å². The molecule has 0 radical (unpaired) electrons. The van der Waals surface area contributed by atoms with Crippen molar-refractivity contribution in [1.82, 2.24) is 0 Å². The van der Waals surface area contributed by atoms with Gasteiger partial charge in [-0.05, 0) is 0 Å². The van der Waals surface area contributed by atoms with Crippen molar-refractivity contribution < 1.29 is 33.2 Å². The standard InChI is InChI=1S/C6H12N3.Co.3H2O/c1-2-8-5-6-9-4-3-7-1;;;;/h1-6H2;;3*1H2/q-3;+3;;;. The van der Waals surface area contributed by atoms with Crippen molar-refractivity contribution >= 4 is 0 Å². The van der Waals surface area contributed by atoms with E-state index in [2.05, 4.69) is 16.0 Å². The van der Waals surface area contributed by atoms with Crippen LogP contribution in [0.1, 0.15) is 0 Å². The Balaban J connectivity index is -0.000000101. The van der Waals surface area contributed by atoms with Crippen molar-refractivity contribution in [3.8, 4) is 0 Å². The van der Waals surface area contributed by atoms with Crippen molar-refractivity contribution in [1.29, 1.82) is 0 Å². The second kappa shape index (κ2) is 18.1. The zero-order valence-corrected chi connectivity index (χ0v) is 8.46. The van der Waals surface area contributed by atoms with Crippen LogP contribution in [0.4, 0.5) is 0 Å². The van der Waals surface area contributed by atoms with Crippen LogP contribution in [0.25, 0.3) is 16.0 Å². The van der Waals surface area contributed by atoms with Crippen molar-refractivity contribution in [2.24, 2.45) is 0 Å². The molecule has 0 aliphatic carbocycles. The molecule has 7 heteroatoms. The molecule has 0 unspecified atom stereocenters. The van der Waals surface area contributed by atoms with Gasteiger partial charge in [-0.25, -0.2) is 0 Å². The zero-order chi connectivity index (χ0) is 6.36. The maximum Gasteiger partial charge on any atom is 3.00 e. The summed E-state index contributed by atoms with van der Waals surface area (Å²) in [4.78, 5) is 0. The van der Waals surface area contributed by atoms with Crippen LogP contribution in [0, 0.1) is 0 Å². The molecule has 0 bridgehead atoms. The van der Waals surface area contributed by atoms with Gasteiger partial charge in [0.05, 0.1) is 0 Å². The van der Waals surface area contributed by atoms with Crippen molar-refractivity contribution in [2.75, 3.05) is 39.3 Å². The second-order valence-corrected chi connectivity index (χ2v) is 2.01. The quantitative estimate of drug-likeness (QED) is 0.493. The summed E-state index contributed by atoms with van der Waals surface area (Å²) in [5.41, 5.74) is 0. The van der Waals surface area contributed by atoms with Crippen LogP contribution < -0.4 is 0 Å². The van der Waals surface area contributed by atoms with Crippen LogP contribution in [-0.4, -0.2) is 55.7 Å². The van der Waals surface area contributed by atoms with Gasteiger partial charge in [0.2, 0.25) is 0 Å². The van der Waals surface area contributed by atoms with Gasteiger partial charge in [-0.15, -0.1) is 0 Å². The Morgan fingerprint density at radius 1 is 0.462 bits per heavy atom. The molecule has 84 valence electrons. The molecular weight excluding hydrogens is 221 g/mol. The molecule has 0 amide bonds. The minimum absolute atomic E-state index is 0. The first kappa shape index (κ1) is 23.2. The Bertz CT molecular complexity index is 51.6. The Morgan fingerprint density at radius 2 is 0.615 bits per heavy atom. The molecule has 1 aliphatic heterocycles. The molecule has 0 saturated carbocycles. The van der Waals surface area contributed by atoms with E-state index in [0.29, 0.717) is 0 Å². The summed E-state index contributed by atoms with van der Waals surface area (Å²) < 4.78 is 0. The predicted octanol–water partition coefficient (Wildman–Crippen LogP) is -1.36. The van der Waals surface area contributed by atoms with Crippen LogP contribution in [0.2, 0.25) is 0 Å². The fourth-order valence-corrected chi connectivity index (χ4v) is 0.760. The summed E-state index contributed by atoms with van der Waals surface area (Å²) in [6, 6.07) is 0. The Labute approximate surface area is 89.0 Å². The van der Waals surface area contributed by atoms with Crippen LogP contribution in [-0.2, 0) is 16.8 Å². The minimum atomic E-state index is 0. The molecule has 1 fully saturated rings. The van der Waals surface area contributed by atoms with Crippen LogP contribution in [0.15, 0.2) is 0 Å². The summed E-state index contributed by atoms with van der Waals surface area (Å²) in [5.74, 6) is 0. The summed E-state index contributed by atoms with van der Waals surface area (Å²) in [5, 5.41) is 12.6. The third kappa shape index (κ3) is 15.1. The topological polar surface area (TPSA) is 137 Å². The van der Waals surface area contributed by atoms with E-state index in [9.17, 15) is 0 Å². The summed E-state index contributed by atoms with van der Waals surface area (Å²) >= 11 is 0. The van der Waals surface area contributed by atoms with E-state index < -0.39 is 0 Å². The van der Waals surface area contributed by atoms with Gasteiger partial charge in [0.1, 0.15) is 0 Å². The van der Waals surface area contributed by atoms with Gasteiger partial charge in [-0.2, -0.15) is 39.3 Å². The van der Waals surface area contributed by atoms with Crippen molar-refractivity contribution in [2.45, 2.75) is 0 Å². The SMILES string of the molecule is C1C[N-]CC[N-]CC[N-]1.O.O.O.[Co+3]. The Morgan fingerprint density at radius 3 is 0.769 bits per heavy atom. The molecule has 6 nitrogen and oxygen atoms in total. The van der Waals surface area contributed by atoms with E-state index in [1.807, 2.05) is 0 Å². The van der Waals surface area contributed by atoms with Crippen molar-refractivity contribution in [3.05, 3.63) is 16.0 Å². The zero-order valence-electron chi connectivity index (χ0n) is 7.42. The van der Waals surface area contributed by atoms with E-state index in [0.717, 1.165) is 39.3 Å². The van der Waals surface area contributed by atoms with E-state index in [-0.39, 0.29) is 33.2 Å². The molecular formula is C6H18CoN3O3. The summed E-state index contributed by atoms with van der Waals surface area (Å²) in [6.07, 6.45) is 0. The molecule has 1 saturated heterocycles. The average Bonchev–Trinajstić information content (AvgIpc) is 2.00. The largest absolute Gasteiger partial charge is 3.00 e. The van der Waals surface area contributed by atoms with Gasteiger partial charge in [0.15, 0.2) is 0 Å². The van der Waals surface area contributed by atoms with Gasteiger partial charge in [0, 0.05) is 0 Å². The number of hydrogen-bond donors (Lipinski definition) is 0. The van der Waals surface area contributed by atoms with E-state index in [4.69, 9.17) is 0 Å². The van der Waals surface area contributed by atoms with Gasteiger partial charge in [-0.3, -0.25) is 0 Å². The van der Waals surface area contributed by atoms with Gasteiger partial charge in [0.25, 0.3) is 0 Å². The normalized spacial score (nSPS) is 16.6. The fraction of sp³-hybridized carbons (Fsp3) is 1.00. The molecule has 0 aromatic heterocycles. The Kier molecular flexibility index (Phi) is 32.4. The Hall–Kier alpha value is 0.266. The van der Waals surface area contributed by atoms with Crippen molar-refractivity contribution in [3.63, 3.8) is 0 Å². The second-order valence-electron chi connectivity index (χ2n) is 2.01. The van der Waals surface area contributed by atoms with E-state index >= 15 is 0 Å². The minimum Gasteiger partial charge on any atom is -0.665 e. The number of nitrogens with zero attached hydrogens (tertiary/aromatic N) is 3. The number of rotatable bonds is 0. The predicted molar refractivity (Wildman–Crippen MR) is 50.1 cm³/mol. The first-order chi connectivity index (χ1) is 4.50. The molecule has 0 aromatic carbocycles. The van der Waals surface area contributed by atoms with Crippen LogP contribution in [0.5, 0.6) is 0 Å². The molecule has 1 heterocycles. The maximum atomic E-state index is 4.20.